The molecular formula is C16H16N2O2. The second kappa shape index (κ2) is 5.25. The number of nitrogens with one attached hydrogen (secondary N) is 2. The second-order valence-corrected chi connectivity index (χ2v) is 4.91. The zero-order chi connectivity index (χ0) is 13.9. The monoisotopic (exact) mass is 268 g/mol. The number of rotatable bonds is 4. The van der Waals surface area contributed by atoms with Gasteiger partial charge < -0.3 is 14.7 Å². The summed E-state index contributed by atoms with van der Waals surface area (Å²) in [5.41, 5.74) is 1.54. The average molecular weight is 268 g/mol. The molecule has 3 aromatic rings. The normalized spacial score (nSPS) is 12.4. The maximum absolute atomic E-state index is 12.3. The average Bonchev–Trinajstić information content (AvgIpc) is 3.08. The van der Waals surface area contributed by atoms with Crippen LogP contribution in [0.25, 0.3) is 10.9 Å². The molecule has 0 bridgehead atoms. The molecular weight excluding hydrogens is 252 g/mol. The molecule has 0 saturated carbocycles. The highest BCUT2D eigenvalue weighted by molar-refractivity contribution is 6.05. The molecule has 2 aromatic heterocycles. The number of carbonyl (C=O) groups excluding carboxylic acids is 1. The Morgan fingerprint density at radius 1 is 1.30 bits per heavy atom. The summed E-state index contributed by atoms with van der Waals surface area (Å²) in [6.07, 6.45) is 4.16. The predicted octanol–water partition coefficient (Wildman–Crippen LogP) is 3.12. The molecule has 0 aliphatic heterocycles. The van der Waals surface area contributed by atoms with Gasteiger partial charge in [-0.15, -0.1) is 0 Å². The fourth-order valence-corrected chi connectivity index (χ4v) is 2.36. The number of hydrogen-bond acceptors (Lipinski definition) is 2. The number of benzene rings is 1. The third-order valence-electron chi connectivity index (χ3n) is 3.30. The number of hydrogen-bond donors (Lipinski definition) is 2. The number of para-hydroxylation sites is 1. The molecule has 0 saturated heterocycles. The lowest BCUT2D eigenvalue weighted by molar-refractivity contribution is 0.0941. The van der Waals surface area contributed by atoms with E-state index in [-0.39, 0.29) is 11.9 Å². The summed E-state index contributed by atoms with van der Waals surface area (Å²) in [6, 6.07) is 11.4. The number of carbonyl (C=O) groups is 1. The first-order chi connectivity index (χ1) is 9.74. The van der Waals surface area contributed by atoms with Gasteiger partial charge in [0.2, 0.25) is 0 Å². The van der Waals surface area contributed by atoms with Crippen molar-refractivity contribution in [1.82, 2.24) is 10.3 Å². The number of fused-ring (bicyclic) bond motifs is 1. The van der Waals surface area contributed by atoms with Crippen LogP contribution in [0.4, 0.5) is 0 Å². The molecule has 20 heavy (non-hydrogen) atoms. The lowest BCUT2D eigenvalue weighted by Crippen LogP contribution is -2.34. The zero-order valence-corrected chi connectivity index (χ0v) is 11.2. The van der Waals surface area contributed by atoms with E-state index in [4.69, 9.17) is 4.42 Å². The molecule has 0 spiro atoms. The highest BCUT2D eigenvalue weighted by Crippen LogP contribution is 2.17. The van der Waals surface area contributed by atoms with E-state index in [1.807, 2.05) is 49.5 Å². The number of furan rings is 1. The fraction of sp³-hybridized carbons (Fsp3) is 0.188. The minimum Gasteiger partial charge on any atom is -0.469 e. The minimum absolute atomic E-state index is 0.0128. The van der Waals surface area contributed by atoms with Crippen LogP contribution in [0.2, 0.25) is 0 Å². The fourth-order valence-electron chi connectivity index (χ4n) is 2.36. The molecule has 0 fully saturated rings. The standard InChI is InChI=1S/C16H16N2O2/c1-11(10-13-5-3-9-20-13)18-16(19)14-6-2-4-12-7-8-17-15(12)14/h2-9,11,17H,10H2,1H3,(H,18,19). The van der Waals surface area contributed by atoms with E-state index in [1.165, 1.54) is 0 Å². The molecule has 1 unspecified atom stereocenters. The Balaban J connectivity index is 1.74. The number of amides is 1. The highest BCUT2D eigenvalue weighted by atomic mass is 16.3. The van der Waals surface area contributed by atoms with Crippen molar-refractivity contribution in [3.63, 3.8) is 0 Å². The molecule has 2 heterocycles. The van der Waals surface area contributed by atoms with Crippen molar-refractivity contribution in [1.29, 1.82) is 0 Å². The van der Waals surface area contributed by atoms with Crippen molar-refractivity contribution >= 4 is 16.8 Å². The quantitative estimate of drug-likeness (QED) is 0.763. The second-order valence-electron chi connectivity index (χ2n) is 4.91. The molecule has 1 aromatic carbocycles. The molecule has 1 atom stereocenters. The van der Waals surface area contributed by atoms with Gasteiger partial charge in [0.15, 0.2) is 0 Å². The van der Waals surface area contributed by atoms with Gasteiger partial charge in [0.1, 0.15) is 5.76 Å². The zero-order valence-electron chi connectivity index (χ0n) is 11.2. The first-order valence-corrected chi connectivity index (χ1v) is 6.63. The van der Waals surface area contributed by atoms with Crippen LogP contribution in [0.5, 0.6) is 0 Å². The van der Waals surface area contributed by atoms with Gasteiger partial charge in [0.25, 0.3) is 5.91 Å². The maximum atomic E-state index is 12.3. The van der Waals surface area contributed by atoms with Gasteiger partial charge in [-0.3, -0.25) is 4.79 Å². The van der Waals surface area contributed by atoms with E-state index in [2.05, 4.69) is 10.3 Å². The molecule has 0 aliphatic carbocycles. The molecule has 2 N–H and O–H groups in total. The number of aromatic amines is 1. The summed E-state index contributed by atoms with van der Waals surface area (Å²) in [4.78, 5) is 15.4. The van der Waals surface area contributed by atoms with Crippen molar-refractivity contribution in [2.24, 2.45) is 0 Å². The summed E-state index contributed by atoms with van der Waals surface area (Å²) >= 11 is 0. The van der Waals surface area contributed by atoms with Gasteiger partial charge >= 0.3 is 0 Å². The van der Waals surface area contributed by atoms with Crippen molar-refractivity contribution in [2.75, 3.05) is 0 Å². The number of H-pyrrole nitrogens is 1. The van der Waals surface area contributed by atoms with Crippen molar-refractivity contribution in [3.8, 4) is 0 Å². The molecule has 4 nitrogen and oxygen atoms in total. The molecule has 102 valence electrons. The molecule has 4 heteroatoms. The Morgan fingerprint density at radius 3 is 3.00 bits per heavy atom. The minimum atomic E-state index is -0.0721. The Bertz CT molecular complexity index is 713. The smallest absolute Gasteiger partial charge is 0.253 e. The van der Waals surface area contributed by atoms with Gasteiger partial charge in [0, 0.05) is 24.0 Å². The summed E-state index contributed by atoms with van der Waals surface area (Å²) in [5.74, 6) is 0.799. The summed E-state index contributed by atoms with van der Waals surface area (Å²) in [6.45, 7) is 1.97. The van der Waals surface area contributed by atoms with E-state index >= 15 is 0 Å². The van der Waals surface area contributed by atoms with E-state index in [9.17, 15) is 4.79 Å². The largest absolute Gasteiger partial charge is 0.469 e. The van der Waals surface area contributed by atoms with Crippen LogP contribution in [-0.4, -0.2) is 16.9 Å². The van der Waals surface area contributed by atoms with Crippen LogP contribution in [-0.2, 0) is 6.42 Å². The van der Waals surface area contributed by atoms with Crippen LogP contribution in [0.3, 0.4) is 0 Å². The van der Waals surface area contributed by atoms with Crippen LogP contribution >= 0.6 is 0 Å². The van der Waals surface area contributed by atoms with Crippen molar-refractivity contribution < 1.29 is 9.21 Å². The molecule has 0 radical (unpaired) electrons. The Hall–Kier alpha value is -2.49. The van der Waals surface area contributed by atoms with Crippen molar-refractivity contribution in [3.05, 3.63) is 60.2 Å². The lowest BCUT2D eigenvalue weighted by Gasteiger charge is -2.13. The van der Waals surface area contributed by atoms with Crippen molar-refractivity contribution in [2.45, 2.75) is 19.4 Å². The topological polar surface area (TPSA) is 58.0 Å². The Labute approximate surface area is 116 Å². The predicted molar refractivity (Wildman–Crippen MR) is 77.6 cm³/mol. The van der Waals surface area contributed by atoms with E-state index in [0.29, 0.717) is 12.0 Å². The van der Waals surface area contributed by atoms with Gasteiger partial charge in [-0.1, -0.05) is 12.1 Å². The Kier molecular flexibility index (Phi) is 3.29. The number of aromatic nitrogens is 1. The Morgan fingerprint density at radius 2 is 2.20 bits per heavy atom. The lowest BCUT2D eigenvalue weighted by atomic mass is 10.1. The third-order valence-corrected chi connectivity index (χ3v) is 3.30. The van der Waals surface area contributed by atoms with E-state index in [1.54, 1.807) is 6.26 Å². The maximum Gasteiger partial charge on any atom is 0.253 e. The first-order valence-electron chi connectivity index (χ1n) is 6.63. The molecule has 1 amide bonds. The van der Waals surface area contributed by atoms with E-state index < -0.39 is 0 Å². The van der Waals surface area contributed by atoms with Gasteiger partial charge in [0.05, 0.1) is 17.3 Å². The molecule has 3 rings (SSSR count). The van der Waals surface area contributed by atoms with E-state index in [0.717, 1.165) is 16.7 Å². The SMILES string of the molecule is CC(Cc1ccco1)NC(=O)c1cccc2cc[nH]c12. The van der Waals surface area contributed by atoms with Crippen LogP contribution in [0.15, 0.2) is 53.3 Å². The third kappa shape index (κ3) is 2.45. The van der Waals surface area contributed by atoms with Crippen LogP contribution in [0, 0.1) is 0 Å². The first kappa shape index (κ1) is 12.5. The summed E-state index contributed by atoms with van der Waals surface area (Å²) in [5, 5.41) is 4.04. The van der Waals surface area contributed by atoms with Gasteiger partial charge in [-0.2, -0.15) is 0 Å². The van der Waals surface area contributed by atoms with Gasteiger partial charge in [-0.05, 0) is 31.2 Å². The van der Waals surface area contributed by atoms with Gasteiger partial charge in [-0.25, -0.2) is 0 Å². The highest BCUT2D eigenvalue weighted by Gasteiger charge is 2.14. The van der Waals surface area contributed by atoms with Crippen LogP contribution in [0.1, 0.15) is 23.0 Å². The van der Waals surface area contributed by atoms with Crippen LogP contribution < -0.4 is 5.32 Å². The molecule has 0 aliphatic rings. The summed E-state index contributed by atoms with van der Waals surface area (Å²) < 4.78 is 5.29. The summed E-state index contributed by atoms with van der Waals surface area (Å²) in [7, 11) is 0.